The zero-order chi connectivity index (χ0) is 9.83. The highest BCUT2D eigenvalue weighted by Crippen LogP contribution is 2.17. The van der Waals surface area contributed by atoms with Crippen LogP contribution >= 0.6 is 0 Å². The molecule has 0 heterocycles. The molecule has 0 aromatic heterocycles. The summed E-state index contributed by atoms with van der Waals surface area (Å²) < 4.78 is 0. The SMILES string of the molecule is CCCC(C)(O)/N=N/C(C)(C)C. The van der Waals surface area contributed by atoms with Crippen molar-refractivity contribution in [1.29, 1.82) is 0 Å². The van der Waals surface area contributed by atoms with E-state index in [2.05, 4.69) is 10.2 Å². The normalized spacial score (nSPS) is 18.2. The van der Waals surface area contributed by atoms with Gasteiger partial charge in [-0.1, -0.05) is 13.3 Å². The third-order valence-corrected chi connectivity index (χ3v) is 1.29. The molecule has 0 aliphatic rings. The quantitative estimate of drug-likeness (QED) is 0.654. The Hall–Kier alpha value is -0.440. The topological polar surface area (TPSA) is 45.0 Å². The van der Waals surface area contributed by atoms with Gasteiger partial charge in [-0.3, -0.25) is 0 Å². The van der Waals surface area contributed by atoms with Crippen LogP contribution in [0, 0.1) is 0 Å². The summed E-state index contributed by atoms with van der Waals surface area (Å²) in [5.41, 5.74) is -1.18. The van der Waals surface area contributed by atoms with Gasteiger partial charge in [0.05, 0.1) is 5.54 Å². The predicted molar refractivity (Wildman–Crippen MR) is 50.1 cm³/mol. The summed E-state index contributed by atoms with van der Waals surface area (Å²) in [7, 11) is 0. The molecule has 1 N–H and O–H groups in total. The van der Waals surface area contributed by atoms with Crippen molar-refractivity contribution < 1.29 is 5.11 Å². The van der Waals surface area contributed by atoms with Crippen LogP contribution in [-0.2, 0) is 0 Å². The fourth-order valence-corrected chi connectivity index (χ4v) is 0.781. The molecule has 3 heteroatoms. The molecule has 0 amide bonds. The van der Waals surface area contributed by atoms with Crippen LogP contribution in [0.5, 0.6) is 0 Å². The molecule has 1 atom stereocenters. The van der Waals surface area contributed by atoms with Gasteiger partial charge in [-0.25, -0.2) is 0 Å². The fraction of sp³-hybridized carbons (Fsp3) is 1.00. The monoisotopic (exact) mass is 172 g/mol. The molecule has 3 nitrogen and oxygen atoms in total. The van der Waals surface area contributed by atoms with E-state index >= 15 is 0 Å². The largest absolute Gasteiger partial charge is 0.368 e. The van der Waals surface area contributed by atoms with Crippen LogP contribution < -0.4 is 0 Å². The Morgan fingerprint density at radius 1 is 1.08 bits per heavy atom. The maximum Gasteiger partial charge on any atom is 0.173 e. The van der Waals surface area contributed by atoms with Crippen LogP contribution in [0.2, 0.25) is 0 Å². The van der Waals surface area contributed by atoms with Crippen molar-refractivity contribution in [2.75, 3.05) is 0 Å². The highest BCUT2D eigenvalue weighted by atomic mass is 16.3. The summed E-state index contributed by atoms with van der Waals surface area (Å²) in [6.45, 7) is 9.57. The van der Waals surface area contributed by atoms with Crippen molar-refractivity contribution in [3.63, 3.8) is 0 Å². The van der Waals surface area contributed by atoms with Crippen molar-refractivity contribution in [2.45, 2.75) is 58.7 Å². The first-order chi connectivity index (χ1) is 5.27. The van der Waals surface area contributed by atoms with Crippen LogP contribution in [0.4, 0.5) is 0 Å². The average molecular weight is 172 g/mol. The smallest absolute Gasteiger partial charge is 0.173 e. The molecule has 0 bridgehead atoms. The number of rotatable bonds is 3. The Balaban J connectivity index is 4.13. The lowest BCUT2D eigenvalue weighted by molar-refractivity contribution is 0.0488. The average Bonchev–Trinajstić information content (AvgIpc) is 1.83. The Bertz CT molecular complexity index is 156. The van der Waals surface area contributed by atoms with Gasteiger partial charge in [0.1, 0.15) is 0 Å². The Labute approximate surface area is 74.9 Å². The van der Waals surface area contributed by atoms with Crippen molar-refractivity contribution in [3.8, 4) is 0 Å². The van der Waals surface area contributed by atoms with Gasteiger partial charge < -0.3 is 5.11 Å². The summed E-state index contributed by atoms with van der Waals surface area (Å²) >= 11 is 0. The van der Waals surface area contributed by atoms with E-state index in [0.29, 0.717) is 6.42 Å². The summed E-state index contributed by atoms with van der Waals surface area (Å²) in [5.74, 6) is 0. The van der Waals surface area contributed by atoms with E-state index in [1.807, 2.05) is 27.7 Å². The summed E-state index contributed by atoms with van der Waals surface area (Å²) in [6, 6.07) is 0. The third kappa shape index (κ3) is 6.28. The van der Waals surface area contributed by atoms with E-state index in [1.165, 1.54) is 0 Å². The van der Waals surface area contributed by atoms with Gasteiger partial charge in [-0.2, -0.15) is 10.2 Å². The van der Waals surface area contributed by atoms with E-state index in [-0.39, 0.29) is 5.54 Å². The molecular formula is C9H20N2O. The van der Waals surface area contributed by atoms with Gasteiger partial charge in [0, 0.05) is 0 Å². The summed E-state index contributed by atoms with van der Waals surface area (Å²) in [5, 5.41) is 17.5. The number of nitrogens with zero attached hydrogens (tertiary/aromatic N) is 2. The summed E-state index contributed by atoms with van der Waals surface area (Å²) in [6.07, 6.45) is 1.57. The molecule has 0 spiro atoms. The lowest BCUT2D eigenvalue weighted by Crippen LogP contribution is -2.21. The molecule has 0 radical (unpaired) electrons. The van der Waals surface area contributed by atoms with Crippen LogP contribution in [0.3, 0.4) is 0 Å². The van der Waals surface area contributed by atoms with Crippen LogP contribution in [0.1, 0.15) is 47.5 Å². The number of hydrogen-bond donors (Lipinski definition) is 1. The van der Waals surface area contributed by atoms with Crippen molar-refractivity contribution >= 4 is 0 Å². The molecule has 0 aromatic carbocycles. The van der Waals surface area contributed by atoms with Crippen molar-refractivity contribution in [2.24, 2.45) is 10.2 Å². The number of aliphatic hydroxyl groups is 1. The van der Waals surface area contributed by atoms with E-state index < -0.39 is 5.72 Å². The van der Waals surface area contributed by atoms with Crippen LogP contribution in [-0.4, -0.2) is 16.4 Å². The molecule has 0 saturated carbocycles. The highest BCUT2D eigenvalue weighted by Gasteiger charge is 2.18. The first-order valence-electron chi connectivity index (χ1n) is 4.43. The van der Waals surface area contributed by atoms with Gasteiger partial charge in [-0.05, 0) is 34.1 Å². The lowest BCUT2D eigenvalue weighted by atomic mass is 10.1. The molecule has 1 unspecified atom stereocenters. The van der Waals surface area contributed by atoms with Crippen LogP contribution in [0.15, 0.2) is 10.2 Å². The van der Waals surface area contributed by atoms with Gasteiger partial charge in [-0.15, -0.1) is 0 Å². The Morgan fingerprint density at radius 3 is 1.92 bits per heavy atom. The molecule has 0 aliphatic heterocycles. The first kappa shape index (κ1) is 11.6. The first-order valence-corrected chi connectivity index (χ1v) is 4.43. The standard InChI is InChI=1S/C9H20N2O/c1-6-7-9(5,12)11-10-8(2,3)4/h12H,6-7H2,1-5H3/b11-10+. The van der Waals surface area contributed by atoms with E-state index in [4.69, 9.17) is 0 Å². The molecule has 72 valence electrons. The van der Waals surface area contributed by atoms with Crippen molar-refractivity contribution in [1.82, 2.24) is 0 Å². The minimum atomic E-state index is -0.984. The minimum absolute atomic E-state index is 0.197. The zero-order valence-electron chi connectivity index (χ0n) is 8.76. The van der Waals surface area contributed by atoms with Crippen molar-refractivity contribution in [3.05, 3.63) is 0 Å². The molecule has 0 rings (SSSR count). The zero-order valence-corrected chi connectivity index (χ0v) is 8.76. The predicted octanol–water partition coefficient (Wildman–Crippen LogP) is 2.75. The third-order valence-electron chi connectivity index (χ3n) is 1.29. The highest BCUT2D eigenvalue weighted by molar-refractivity contribution is 4.72. The second-order valence-electron chi connectivity index (χ2n) is 4.34. The van der Waals surface area contributed by atoms with E-state index in [0.717, 1.165) is 6.42 Å². The molecule has 0 fully saturated rings. The fourth-order valence-electron chi connectivity index (χ4n) is 0.781. The maximum atomic E-state index is 9.62. The summed E-state index contributed by atoms with van der Waals surface area (Å²) in [4.78, 5) is 0. The lowest BCUT2D eigenvalue weighted by Gasteiger charge is -2.18. The molecular weight excluding hydrogens is 152 g/mol. The number of azo groups is 1. The number of hydrogen-bond acceptors (Lipinski definition) is 3. The Morgan fingerprint density at radius 2 is 1.58 bits per heavy atom. The maximum absolute atomic E-state index is 9.62. The van der Waals surface area contributed by atoms with E-state index in [9.17, 15) is 5.11 Å². The van der Waals surface area contributed by atoms with E-state index in [1.54, 1.807) is 6.92 Å². The molecule has 12 heavy (non-hydrogen) atoms. The minimum Gasteiger partial charge on any atom is -0.368 e. The van der Waals surface area contributed by atoms with Gasteiger partial charge in [0.25, 0.3) is 0 Å². The second-order valence-corrected chi connectivity index (χ2v) is 4.34. The molecule has 0 saturated heterocycles. The molecule has 0 aliphatic carbocycles. The van der Waals surface area contributed by atoms with Gasteiger partial charge in [0.2, 0.25) is 0 Å². The Kier molecular flexibility index (Phi) is 3.84. The van der Waals surface area contributed by atoms with Gasteiger partial charge in [0.15, 0.2) is 5.72 Å². The molecule has 0 aromatic rings. The van der Waals surface area contributed by atoms with Crippen LogP contribution in [0.25, 0.3) is 0 Å². The van der Waals surface area contributed by atoms with Gasteiger partial charge >= 0.3 is 0 Å². The second kappa shape index (κ2) is 3.99.